The molecule has 0 fully saturated rings. The summed E-state index contributed by atoms with van der Waals surface area (Å²) in [7, 11) is 2.00. The van der Waals surface area contributed by atoms with Gasteiger partial charge in [0, 0.05) is 12.4 Å². The number of fused-ring (bicyclic) bond motifs is 3. The van der Waals surface area contributed by atoms with E-state index in [4.69, 9.17) is 0 Å². The molecule has 0 radical (unpaired) electrons. The van der Waals surface area contributed by atoms with Crippen molar-refractivity contribution in [3.05, 3.63) is 34.4 Å². The smallest absolute Gasteiger partial charge is 0.167 e. The van der Waals surface area contributed by atoms with Crippen LogP contribution in [0.25, 0.3) is 21.9 Å². The van der Waals surface area contributed by atoms with Gasteiger partial charge in [0.15, 0.2) is 6.29 Å². The van der Waals surface area contributed by atoms with Crippen LogP contribution in [-0.4, -0.2) is 15.8 Å². The number of H-pyrrole nitrogens is 1. The number of aromatic amines is 1. The number of hydrogen-bond donors (Lipinski definition) is 1. The van der Waals surface area contributed by atoms with E-state index < -0.39 is 0 Å². The summed E-state index contributed by atoms with van der Waals surface area (Å²) in [5.41, 5.74) is 3.78. The fraction of sp³-hybridized carbons (Fsp3) is 0.0833. The lowest BCUT2D eigenvalue weighted by atomic mass is 10.2. The summed E-state index contributed by atoms with van der Waals surface area (Å²) in [6.07, 6.45) is 0.832. The number of aromatic nitrogens is 2. The van der Waals surface area contributed by atoms with Gasteiger partial charge >= 0.3 is 0 Å². The standard InChI is InChI=1S/C12H9BrN2O/c1-15-9-5-3-2-4-7(9)11-12(15)10(13)8(6-16)14-11/h2-6,14H,1H3. The van der Waals surface area contributed by atoms with Crippen molar-refractivity contribution >= 4 is 44.2 Å². The minimum atomic E-state index is 0.589. The number of hydrogen-bond acceptors (Lipinski definition) is 1. The summed E-state index contributed by atoms with van der Waals surface area (Å²) < 4.78 is 2.91. The van der Waals surface area contributed by atoms with E-state index in [0.717, 1.165) is 32.7 Å². The Morgan fingerprint density at radius 2 is 2.12 bits per heavy atom. The number of nitrogens with one attached hydrogen (secondary N) is 1. The maximum absolute atomic E-state index is 10.9. The molecule has 4 heteroatoms. The van der Waals surface area contributed by atoms with Gasteiger partial charge in [0.05, 0.1) is 26.7 Å². The van der Waals surface area contributed by atoms with Gasteiger partial charge in [-0.1, -0.05) is 18.2 Å². The number of carbonyl (C=O) groups is 1. The minimum Gasteiger partial charge on any atom is -0.350 e. The average molecular weight is 277 g/mol. The van der Waals surface area contributed by atoms with Gasteiger partial charge in [-0.15, -0.1) is 0 Å². The zero-order valence-corrected chi connectivity index (χ0v) is 10.2. The van der Waals surface area contributed by atoms with E-state index in [1.807, 2.05) is 19.2 Å². The van der Waals surface area contributed by atoms with Gasteiger partial charge in [0.1, 0.15) is 0 Å². The Balaban J connectivity index is 2.61. The molecule has 80 valence electrons. The van der Waals surface area contributed by atoms with Gasteiger partial charge in [-0.3, -0.25) is 4.79 Å². The summed E-state index contributed by atoms with van der Waals surface area (Å²) in [5, 5.41) is 1.13. The number of aldehydes is 1. The lowest BCUT2D eigenvalue weighted by Crippen LogP contribution is -1.87. The molecule has 1 N–H and O–H groups in total. The zero-order chi connectivity index (χ0) is 11.3. The largest absolute Gasteiger partial charge is 0.350 e. The topological polar surface area (TPSA) is 37.8 Å². The fourth-order valence-corrected chi connectivity index (χ4v) is 2.83. The van der Waals surface area contributed by atoms with E-state index in [9.17, 15) is 4.79 Å². The molecule has 0 amide bonds. The first kappa shape index (κ1) is 9.66. The van der Waals surface area contributed by atoms with Crippen LogP contribution in [0.15, 0.2) is 28.7 Å². The van der Waals surface area contributed by atoms with Crippen molar-refractivity contribution in [2.45, 2.75) is 0 Å². The van der Waals surface area contributed by atoms with E-state index in [0.29, 0.717) is 5.69 Å². The molecule has 3 aromatic rings. The summed E-state index contributed by atoms with van der Waals surface area (Å²) in [5.74, 6) is 0. The second kappa shape index (κ2) is 3.22. The molecule has 0 aliphatic heterocycles. The van der Waals surface area contributed by atoms with Gasteiger partial charge in [0.25, 0.3) is 0 Å². The molecular weight excluding hydrogens is 268 g/mol. The predicted molar refractivity (Wildman–Crippen MR) is 67.9 cm³/mol. The summed E-state index contributed by atoms with van der Waals surface area (Å²) >= 11 is 3.46. The number of aryl methyl sites for hydroxylation is 1. The highest BCUT2D eigenvalue weighted by atomic mass is 79.9. The monoisotopic (exact) mass is 276 g/mol. The molecule has 2 aromatic heterocycles. The molecule has 0 saturated heterocycles. The SMILES string of the molecule is Cn1c2ccccc2c2[nH]c(C=O)c(Br)c21. The highest BCUT2D eigenvalue weighted by Gasteiger charge is 2.15. The van der Waals surface area contributed by atoms with Gasteiger partial charge in [0.2, 0.25) is 0 Å². The summed E-state index contributed by atoms with van der Waals surface area (Å²) in [6.45, 7) is 0. The second-order valence-corrected chi connectivity index (χ2v) is 4.56. The Bertz CT molecular complexity index is 709. The second-order valence-electron chi connectivity index (χ2n) is 3.77. The van der Waals surface area contributed by atoms with E-state index >= 15 is 0 Å². The molecule has 2 heterocycles. The molecule has 3 nitrogen and oxygen atoms in total. The highest BCUT2D eigenvalue weighted by molar-refractivity contribution is 9.10. The molecule has 0 bridgehead atoms. The van der Waals surface area contributed by atoms with Crippen molar-refractivity contribution in [2.75, 3.05) is 0 Å². The van der Waals surface area contributed by atoms with Crippen molar-refractivity contribution in [3.63, 3.8) is 0 Å². The van der Waals surface area contributed by atoms with Gasteiger partial charge in [-0.2, -0.15) is 0 Å². The van der Waals surface area contributed by atoms with Crippen LogP contribution in [0.3, 0.4) is 0 Å². The van der Waals surface area contributed by atoms with Gasteiger partial charge in [-0.25, -0.2) is 0 Å². The van der Waals surface area contributed by atoms with E-state index in [-0.39, 0.29) is 0 Å². The van der Waals surface area contributed by atoms with Crippen LogP contribution >= 0.6 is 15.9 Å². The number of rotatable bonds is 1. The lowest BCUT2D eigenvalue weighted by Gasteiger charge is -1.97. The number of nitrogens with zero attached hydrogens (tertiary/aromatic N) is 1. The van der Waals surface area contributed by atoms with Crippen LogP contribution < -0.4 is 0 Å². The van der Waals surface area contributed by atoms with Crippen molar-refractivity contribution in [3.8, 4) is 0 Å². The van der Waals surface area contributed by atoms with Crippen molar-refractivity contribution in [1.29, 1.82) is 0 Å². The Kier molecular flexibility index (Phi) is 1.94. The third kappa shape index (κ3) is 1.05. The van der Waals surface area contributed by atoms with Crippen LogP contribution in [0.1, 0.15) is 10.5 Å². The molecule has 0 spiro atoms. The molecule has 0 atom stereocenters. The molecular formula is C12H9BrN2O. The first-order chi connectivity index (χ1) is 7.74. The number of benzene rings is 1. The minimum absolute atomic E-state index is 0.589. The molecule has 0 unspecified atom stereocenters. The third-order valence-electron chi connectivity index (χ3n) is 2.93. The first-order valence-electron chi connectivity index (χ1n) is 4.94. The maximum Gasteiger partial charge on any atom is 0.167 e. The van der Waals surface area contributed by atoms with Crippen LogP contribution in [0.2, 0.25) is 0 Å². The van der Waals surface area contributed by atoms with Crippen molar-refractivity contribution in [1.82, 2.24) is 9.55 Å². The highest BCUT2D eigenvalue weighted by Crippen LogP contribution is 2.34. The summed E-state index contributed by atoms with van der Waals surface area (Å²) in [4.78, 5) is 14.0. The maximum atomic E-state index is 10.9. The van der Waals surface area contributed by atoms with Crippen molar-refractivity contribution in [2.24, 2.45) is 7.05 Å². The number of halogens is 1. The van der Waals surface area contributed by atoms with E-state index in [1.165, 1.54) is 0 Å². The molecule has 0 saturated carbocycles. The summed E-state index contributed by atoms with van der Waals surface area (Å²) in [6, 6.07) is 8.12. The van der Waals surface area contributed by atoms with Crippen LogP contribution in [0.5, 0.6) is 0 Å². The molecule has 1 aromatic carbocycles. The first-order valence-corrected chi connectivity index (χ1v) is 5.73. The Labute approximate surface area is 100 Å². The zero-order valence-electron chi connectivity index (χ0n) is 8.62. The molecule has 0 aliphatic rings. The Morgan fingerprint density at radius 3 is 2.88 bits per heavy atom. The van der Waals surface area contributed by atoms with Crippen molar-refractivity contribution < 1.29 is 4.79 Å². The Hall–Kier alpha value is -1.55. The van der Waals surface area contributed by atoms with Crippen LogP contribution in [0.4, 0.5) is 0 Å². The molecule has 0 aliphatic carbocycles. The fourth-order valence-electron chi connectivity index (χ4n) is 2.18. The van der Waals surface area contributed by atoms with E-state index in [1.54, 1.807) is 0 Å². The lowest BCUT2D eigenvalue weighted by molar-refractivity contribution is 0.111. The molecule has 3 rings (SSSR count). The normalized spacial score (nSPS) is 11.4. The molecule has 16 heavy (non-hydrogen) atoms. The quantitative estimate of drug-likeness (QED) is 0.681. The number of para-hydroxylation sites is 1. The van der Waals surface area contributed by atoms with Gasteiger partial charge in [-0.05, 0) is 22.0 Å². The average Bonchev–Trinajstić information content (AvgIpc) is 2.78. The van der Waals surface area contributed by atoms with E-state index in [2.05, 4.69) is 37.6 Å². The van der Waals surface area contributed by atoms with Gasteiger partial charge < -0.3 is 9.55 Å². The van der Waals surface area contributed by atoms with Crippen LogP contribution in [-0.2, 0) is 7.05 Å². The Morgan fingerprint density at radius 1 is 1.38 bits per heavy atom. The van der Waals surface area contributed by atoms with Crippen LogP contribution in [0, 0.1) is 0 Å². The third-order valence-corrected chi connectivity index (χ3v) is 3.73. The predicted octanol–water partition coefficient (Wildman–Crippen LogP) is 3.23. The number of carbonyl (C=O) groups excluding carboxylic acids is 1.